The fraction of sp³-hybridized carbons (Fsp3) is 0.200. The number of carbonyl (C=O) groups excluding carboxylic acids is 2. The van der Waals surface area contributed by atoms with E-state index in [2.05, 4.69) is 111 Å². The maximum Gasteiger partial charge on any atom is 0.331 e. The van der Waals surface area contributed by atoms with E-state index in [0.29, 0.717) is 35.8 Å². The lowest BCUT2D eigenvalue weighted by atomic mass is 10.2. The van der Waals surface area contributed by atoms with Gasteiger partial charge in [-0.1, -0.05) is 0 Å². The molecule has 0 aromatic heterocycles. The van der Waals surface area contributed by atoms with E-state index in [1.807, 2.05) is 38.1 Å². The lowest BCUT2D eigenvalue weighted by molar-refractivity contribution is -0.139. The summed E-state index contributed by atoms with van der Waals surface area (Å²) in [5.74, 6) is -0.562. The second-order valence-electron chi connectivity index (χ2n) is 5.88. The molecule has 0 fully saturated rings. The lowest BCUT2D eigenvalue weighted by Gasteiger charge is -2.10. The summed E-state index contributed by atoms with van der Waals surface area (Å²) in [4.78, 5) is 24.1. The van der Waals surface area contributed by atoms with Gasteiger partial charge < -0.3 is 9.47 Å². The van der Waals surface area contributed by atoms with Gasteiger partial charge in [0.1, 0.15) is 11.5 Å². The van der Waals surface area contributed by atoms with E-state index in [1.165, 1.54) is 12.4 Å². The normalized spacial score (nSPS) is 11.1. The summed E-state index contributed by atoms with van der Waals surface area (Å²) in [5, 5.41) is 7.74. The number of hydrogen-bond donors (Lipinski definition) is 2. The van der Waals surface area contributed by atoms with Crippen molar-refractivity contribution in [2.45, 2.75) is 13.8 Å². The molecule has 0 spiro atoms. The van der Waals surface area contributed by atoms with E-state index in [4.69, 9.17) is 9.47 Å². The molecule has 2 amide bonds. The largest absolute Gasteiger partial charge is 0.492 e. The molecule has 0 unspecified atom stereocenters. The van der Waals surface area contributed by atoms with Crippen molar-refractivity contribution < 1.29 is 19.1 Å². The summed E-state index contributed by atoms with van der Waals surface area (Å²) >= 11 is 8.71. The maximum atomic E-state index is 12.0. The van der Waals surface area contributed by atoms with E-state index in [0.717, 1.165) is 14.3 Å². The van der Waals surface area contributed by atoms with Crippen LogP contribution in [0.1, 0.15) is 25.0 Å². The molecule has 8 nitrogen and oxygen atoms in total. The standard InChI is InChI=1S/C20H18I4N4O4/c1-3-31-17-11(5-13(21)7-15(17)23)9-25-27-19(29)20(30)28-26-10-12-6-14(22)8-16(24)18(12)32-4-2/h5-10H,3-4H2,1-2H3,(H,27,29)(H,28,30)/b25-9+,26-10+. The summed E-state index contributed by atoms with van der Waals surface area (Å²) in [6, 6.07) is 7.68. The minimum Gasteiger partial charge on any atom is -0.492 e. The Morgan fingerprint density at radius 3 is 1.50 bits per heavy atom. The molecule has 12 heteroatoms. The Hall–Kier alpha value is -0.760. The van der Waals surface area contributed by atoms with Gasteiger partial charge in [0.05, 0.1) is 32.8 Å². The summed E-state index contributed by atoms with van der Waals surface area (Å²) in [7, 11) is 0. The van der Waals surface area contributed by atoms with Gasteiger partial charge in [0.2, 0.25) is 0 Å². The number of nitrogens with zero attached hydrogens (tertiary/aromatic N) is 2. The third kappa shape index (κ3) is 8.23. The van der Waals surface area contributed by atoms with Crippen LogP contribution < -0.4 is 20.3 Å². The molecule has 170 valence electrons. The fourth-order valence-electron chi connectivity index (χ4n) is 2.37. The molecular weight excluding hydrogens is 868 g/mol. The second kappa shape index (κ2) is 13.8. The molecule has 0 saturated heterocycles. The molecular formula is C20H18I4N4O4. The van der Waals surface area contributed by atoms with Gasteiger partial charge in [-0.05, 0) is 128 Å². The highest BCUT2D eigenvalue weighted by Crippen LogP contribution is 2.28. The molecule has 0 aliphatic heterocycles. The van der Waals surface area contributed by atoms with Crippen molar-refractivity contribution >= 4 is 115 Å². The Bertz CT molecular complexity index is 977. The van der Waals surface area contributed by atoms with Crippen molar-refractivity contribution in [3.8, 4) is 11.5 Å². The van der Waals surface area contributed by atoms with Crippen LogP contribution in [0.4, 0.5) is 0 Å². The predicted octanol–water partition coefficient (Wildman–Crippen LogP) is 4.50. The first kappa shape index (κ1) is 27.5. The maximum absolute atomic E-state index is 12.0. The van der Waals surface area contributed by atoms with E-state index >= 15 is 0 Å². The third-order valence-electron chi connectivity index (χ3n) is 3.60. The van der Waals surface area contributed by atoms with Gasteiger partial charge in [-0.25, -0.2) is 10.9 Å². The zero-order valence-electron chi connectivity index (χ0n) is 16.9. The molecule has 0 atom stereocenters. The molecule has 32 heavy (non-hydrogen) atoms. The molecule has 0 bridgehead atoms. The lowest BCUT2D eigenvalue weighted by Crippen LogP contribution is -2.35. The number of hydrazone groups is 2. The highest BCUT2D eigenvalue weighted by molar-refractivity contribution is 14.1. The Labute approximate surface area is 240 Å². The molecule has 0 heterocycles. The number of halogens is 4. The van der Waals surface area contributed by atoms with Crippen LogP contribution in [-0.4, -0.2) is 37.5 Å². The molecule has 2 N–H and O–H groups in total. The fourth-order valence-corrected chi connectivity index (χ4v) is 6.46. The number of benzene rings is 2. The van der Waals surface area contributed by atoms with Crippen molar-refractivity contribution in [3.63, 3.8) is 0 Å². The average Bonchev–Trinajstić information content (AvgIpc) is 2.72. The van der Waals surface area contributed by atoms with Crippen molar-refractivity contribution in [2.75, 3.05) is 13.2 Å². The first-order valence-electron chi connectivity index (χ1n) is 9.16. The van der Waals surface area contributed by atoms with Gasteiger partial charge in [0, 0.05) is 18.3 Å². The van der Waals surface area contributed by atoms with E-state index in [9.17, 15) is 9.59 Å². The second-order valence-corrected chi connectivity index (χ2v) is 10.7. The van der Waals surface area contributed by atoms with Gasteiger partial charge >= 0.3 is 11.8 Å². The van der Waals surface area contributed by atoms with Crippen molar-refractivity contribution in [2.24, 2.45) is 10.2 Å². The van der Waals surface area contributed by atoms with E-state index in [1.54, 1.807) is 0 Å². The zero-order valence-corrected chi connectivity index (χ0v) is 25.5. The third-order valence-corrected chi connectivity index (χ3v) is 6.45. The first-order chi connectivity index (χ1) is 15.3. The number of amides is 2. The Morgan fingerprint density at radius 1 is 0.781 bits per heavy atom. The molecule has 0 aliphatic rings. The summed E-state index contributed by atoms with van der Waals surface area (Å²) in [6.45, 7) is 4.76. The number of hydrogen-bond acceptors (Lipinski definition) is 6. The van der Waals surface area contributed by atoms with Crippen LogP contribution in [-0.2, 0) is 9.59 Å². The summed E-state index contributed by atoms with van der Waals surface area (Å²) in [5.41, 5.74) is 5.78. The Morgan fingerprint density at radius 2 is 1.16 bits per heavy atom. The molecule has 2 aromatic rings. The van der Waals surface area contributed by atoms with E-state index < -0.39 is 11.8 Å². The molecule has 0 aliphatic carbocycles. The first-order valence-corrected chi connectivity index (χ1v) is 13.5. The van der Waals surface area contributed by atoms with Gasteiger partial charge in [-0.2, -0.15) is 10.2 Å². The zero-order chi connectivity index (χ0) is 23.7. The molecule has 0 saturated carbocycles. The predicted molar refractivity (Wildman–Crippen MR) is 158 cm³/mol. The van der Waals surface area contributed by atoms with Crippen molar-refractivity contribution in [1.82, 2.24) is 10.9 Å². The number of ether oxygens (including phenoxy) is 2. The van der Waals surface area contributed by atoms with Crippen LogP contribution >= 0.6 is 90.4 Å². The average molecular weight is 886 g/mol. The number of carbonyl (C=O) groups is 2. The van der Waals surface area contributed by atoms with E-state index in [-0.39, 0.29) is 0 Å². The number of rotatable bonds is 8. The van der Waals surface area contributed by atoms with Crippen LogP contribution in [0.15, 0.2) is 34.5 Å². The van der Waals surface area contributed by atoms with Crippen LogP contribution in [0.3, 0.4) is 0 Å². The topological polar surface area (TPSA) is 101 Å². The minimum absolute atomic E-state index is 0.495. The highest BCUT2D eigenvalue weighted by atomic mass is 127. The SMILES string of the molecule is CCOc1c(I)cc(I)cc1/C=N/NC(=O)C(=O)N/N=C/c1cc(I)cc(I)c1OCC. The molecule has 2 aromatic carbocycles. The quantitative estimate of drug-likeness (QED) is 0.177. The van der Waals surface area contributed by atoms with Gasteiger partial charge in [-0.3, -0.25) is 9.59 Å². The van der Waals surface area contributed by atoms with Crippen LogP contribution in [0.5, 0.6) is 11.5 Å². The van der Waals surface area contributed by atoms with Gasteiger partial charge in [0.25, 0.3) is 0 Å². The summed E-state index contributed by atoms with van der Waals surface area (Å²) < 4.78 is 15.1. The monoisotopic (exact) mass is 886 g/mol. The van der Waals surface area contributed by atoms with Crippen molar-refractivity contribution in [1.29, 1.82) is 0 Å². The van der Waals surface area contributed by atoms with Gasteiger partial charge in [0.15, 0.2) is 0 Å². The summed E-state index contributed by atoms with van der Waals surface area (Å²) in [6.07, 6.45) is 2.87. The highest BCUT2D eigenvalue weighted by Gasteiger charge is 2.13. The Balaban J connectivity index is 2.03. The minimum atomic E-state index is -0.945. The van der Waals surface area contributed by atoms with Crippen molar-refractivity contribution in [3.05, 3.63) is 49.7 Å². The number of nitrogens with one attached hydrogen (secondary N) is 2. The van der Waals surface area contributed by atoms with Crippen LogP contribution in [0.25, 0.3) is 0 Å². The molecule has 2 rings (SSSR count). The van der Waals surface area contributed by atoms with Crippen LogP contribution in [0.2, 0.25) is 0 Å². The molecule has 0 radical (unpaired) electrons. The smallest absolute Gasteiger partial charge is 0.331 e. The Kier molecular flexibility index (Phi) is 11.9. The van der Waals surface area contributed by atoms with Crippen LogP contribution in [0, 0.1) is 14.3 Å². The van der Waals surface area contributed by atoms with Gasteiger partial charge in [-0.15, -0.1) is 0 Å².